The largest absolute Gasteiger partial charge is 0.496 e. The van der Waals surface area contributed by atoms with E-state index in [1.165, 1.54) is 18.2 Å². The number of rotatable bonds is 9. The molecule has 8 heteroatoms. The van der Waals surface area contributed by atoms with Crippen molar-refractivity contribution in [1.82, 2.24) is 5.32 Å². The van der Waals surface area contributed by atoms with E-state index in [-0.39, 0.29) is 17.5 Å². The average molecular weight is 501 g/mol. The number of sulfonamides is 1. The lowest BCUT2D eigenvalue weighted by Gasteiger charge is -2.26. The number of hydrogen-bond acceptors (Lipinski definition) is 4. The summed E-state index contributed by atoms with van der Waals surface area (Å²) in [4.78, 5) is 13.2. The van der Waals surface area contributed by atoms with Crippen LogP contribution in [0.1, 0.15) is 36.1 Å². The van der Waals surface area contributed by atoms with E-state index in [1.807, 2.05) is 39.0 Å². The Kier molecular flexibility index (Phi) is 8.23. The van der Waals surface area contributed by atoms with Gasteiger partial charge in [0.1, 0.15) is 12.3 Å². The monoisotopic (exact) mass is 500 g/mol. The fourth-order valence-corrected chi connectivity index (χ4v) is 5.29. The van der Waals surface area contributed by atoms with E-state index in [2.05, 4.69) is 5.32 Å². The van der Waals surface area contributed by atoms with Gasteiger partial charge in [-0.3, -0.25) is 9.10 Å². The summed E-state index contributed by atoms with van der Waals surface area (Å²) in [5.74, 6) is 0.345. The zero-order valence-electron chi connectivity index (χ0n) is 19.7. The molecule has 1 amide bonds. The third kappa shape index (κ3) is 5.90. The van der Waals surface area contributed by atoms with Crippen molar-refractivity contribution < 1.29 is 17.9 Å². The second-order valence-corrected chi connectivity index (χ2v) is 10.4. The molecule has 0 saturated carbocycles. The van der Waals surface area contributed by atoms with Crippen molar-refractivity contribution in [2.75, 3.05) is 18.0 Å². The number of carbonyl (C=O) groups is 1. The number of carbonyl (C=O) groups excluding carboxylic acids is 1. The molecule has 0 unspecified atom stereocenters. The second kappa shape index (κ2) is 10.9. The average Bonchev–Trinajstić information content (AvgIpc) is 2.81. The van der Waals surface area contributed by atoms with Crippen molar-refractivity contribution in [1.29, 1.82) is 0 Å². The first-order valence-electron chi connectivity index (χ1n) is 10.9. The highest BCUT2D eigenvalue weighted by atomic mass is 35.5. The van der Waals surface area contributed by atoms with Crippen molar-refractivity contribution in [2.45, 2.75) is 38.1 Å². The van der Waals surface area contributed by atoms with Gasteiger partial charge in [0, 0.05) is 5.02 Å². The molecule has 0 spiro atoms. The molecule has 3 rings (SSSR count). The Bertz CT molecular complexity index is 1260. The SMILES string of the molecule is CC[C@H](NC(=O)CN(c1cccc(Cl)c1)S(=O)(=O)c1ccc(C)cc1)c1ccc(OC)c(C)c1. The van der Waals surface area contributed by atoms with Crippen LogP contribution in [0.4, 0.5) is 5.69 Å². The lowest BCUT2D eigenvalue weighted by Crippen LogP contribution is -2.42. The molecule has 34 heavy (non-hydrogen) atoms. The predicted octanol–water partition coefficient (Wildman–Crippen LogP) is 5.43. The normalized spacial score (nSPS) is 12.1. The molecule has 6 nitrogen and oxygen atoms in total. The van der Waals surface area contributed by atoms with Gasteiger partial charge in [0.15, 0.2) is 0 Å². The van der Waals surface area contributed by atoms with E-state index in [9.17, 15) is 13.2 Å². The number of nitrogens with one attached hydrogen (secondary N) is 1. The Balaban J connectivity index is 1.90. The first kappa shape index (κ1) is 25.6. The smallest absolute Gasteiger partial charge is 0.264 e. The number of methoxy groups -OCH3 is 1. The number of amides is 1. The topological polar surface area (TPSA) is 75.7 Å². The maximum atomic E-state index is 13.5. The standard InChI is InChI=1S/C26H29ClN2O4S/c1-5-24(20-11-14-25(33-4)19(3)15-20)28-26(30)17-29(22-8-6-7-21(27)16-22)34(31,32)23-12-9-18(2)10-13-23/h6-16,24H,5,17H2,1-4H3,(H,28,30)/t24-/m0/s1. The summed E-state index contributed by atoms with van der Waals surface area (Å²) in [7, 11) is -2.40. The Morgan fingerprint density at radius 2 is 1.76 bits per heavy atom. The quantitative estimate of drug-likeness (QED) is 0.425. The minimum absolute atomic E-state index is 0.101. The Morgan fingerprint density at radius 1 is 1.06 bits per heavy atom. The Labute approximate surface area is 206 Å². The van der Waals surface area contributed by atoms with Crippen LogP contribution >= 0.6 is 11.6 Å². The summed E-state index contributed by atoms with van der Waals surface area (Å²) in [6.45, 7) is 5.39. The van der Waals surface area contributed by atoms with Gasteiger partial charge < -0.3 is 10.1 Å². The van der Waals surface area contributed by atoms with Gasteiger partial charge in [0.2, 0.25) is 5.91 Å². The third-order valence-electron chi connectivity index (χ3n) is 5.56. The first-order chi connectivity index (χ1) is 16.1. The van der Waals surface area contributed by atoms with E-state index in [1.54, 1.807) is 37.4 Å². The molecule has 0 heterocycles. The van der Waals surface area contributed by atoms with Crippen molar-refractivity contribution in [3.63, 3.8) is 0 Å². The molecule has 0 bridgehead atoms. The summed E-state index contributed by atoms with van der Waals surface area (Å²) in [6.07, 6.45) is 0.638. The molecular formula is C26H29ClN2O4S. The highest BCUT2D eigenvalue weighted by Gasteiger charge is 2.28. The van der Waals surface area contributed by atoms with Crippen LogP contribution in [0.2, 0.25) is 5.02 Å². The lowest BCUT2D eigenvalue weighted by atomic mass is 10.0. The zero-order chi connectivity index (χ0) is 24.9. The number of benzene rings is 3. The fourth-order valence-electron chi connectivity index (χ4n) is 3.69. The van der Waals surface area contributed by atoms with Crippen LogP contribution in [-0.2, 0) is 14.8 Å². The van der Waals surface area contributed by atoms with Gasteiger partial charge >= 0.3 is 0 Å². The number of nitrogens with zero attached hydrogens (tertiary/aromatic N) is 1. The molecule has 0 fully saturated rings. The van der Waals surface area contributed by atoms with Gasteiger partial charge in [0.25, 0.3) is 10.0 Å². The number of halogens is 1. The summed E-state index contributed by atoms with van der Waals surface area (Å²) < 4.78 is 33.4. The second-order valence-electron chi connectivity index (χ2n) is 8.06. The van der Waals surface area contributed by atoms with Crippen molar-refractivity contribution >= 4 is 33.2 Å². The summed E-state index contributed by atoms with van der Waals surface area (Å²) in [5, 5.41) is 3.35. The molecule has 1 atom stereocenters. The van der Waals surface area contributed by atoms with Gasteiger partial charge in [-0.05, 0) is 67.8 Å². The zero-order valence-corrected chi connectivity index (χ0v) is 21.3. The molecule has 180 valence electrons. The van der Waals surface area contributed by atoms with E-state index in [4.69, 9.17) is 16.3 Å². The summed E-state index contributed by atoms with van der Waals surface area (Å²) >= 11 is 6.14. The molecule has 0 aromatic heterocycles. The molecule has 3 aromatic carbocycles. The van der Waals surface area contributed by atoms with Crippen molar-refractivity contribution in [2.24, 2.45) is 0 Å². The van der Waals surface area contributed by atoms with Crippen LogP contribution in [0, 0.1) is 13.8 Å². The first-order valence-corrected chi connectivity index (χ1v) is 12.8. The van der Waals surface area contributed by atoms with Gasteiger partial charge in [-0.1, -0.05) is 54.4 Å². The highest BCUT2D eigenvalue weighted by molar-refractivity contribution is 7.92. The van der Waals surface area contributed by atoms with Gasteiger partial charge in [-0.2, -0.15) is 0 Å². The number of aryl methyl sites for hydroxylation is 2. The van der Waals surface area contributed by atoms with Crippen LogP contribution < -0.4 is 14.4 Å². The molecule has 0 aliphatic carbocycles. The molecule has 0 saturated heterocycles. The van der Waals surface area contributed by atoms with Gasteiger partial charge in [0.05, 0.1) is 23.7 Å². The molecular weight excluding hydrogens is 472 g/mol. The van der Waals surface area contributed by atoms with Gasteiger partial charge in [-0.25, -0.2) is 8.42 Å². The van der Waals surface area contributed by atoms with Crippen molar-refractivity contribution in [3.8, 4) is 5.75 Å². The highest BCUT2D eigenvalue weighted by Crippen LogP contribution is 2.27. The number of anilines is 1. The molecule has 3 aromatic rings. The van der Waals surface area contributed by atoms with Crippen molar-refractivity contribution in [3.05, 3.63) is 88.4 Å². The maximum Gasteiger partial charge on any atom is 0.264 e. The van der Waals surface area contributed by atoms with E-state index in [0.717, 1.165) is 26.7 Å². The third-order valence-corrected chi connectivity index (χ3v) is 7.58. The predicted molar refractivity (Wildman–Crippen MR) is 136 cm³/mol. The summed E-state index contributed by atoms with van der Waals surface area (Å²) in [6, 6.07) is 18.4. The minimum Gasteiger partial charge on any atom is -0.496 e. The fraction of sp³-hybridized carbons (Fsp3) is 0.269. The van der Waals surface area contributed by atoms with Crippen LogP contribution in [0.15, 0.2) is 71.6 Å². The van der Waals surface area contributed by atoms with Crippen LogP contribution in [0.25, 0.3) is 0 Å². The minimum atomic E-state index is -4.01. The van der Waals surface area contributed by atoms with Crippen LogP contribution in [0.5, 0.6) is 5.75 Å². The van der Waals surface area contributed by atoms with E-state index >= 15 is 0 Å². The van der Waals surface area contributed by atoms with E-state index < -0.39 is 15.9 Å². The number of ether oxygens (including phenoxy) is 1. The number of hydrogen-bond donors (Lipinski definition) is 1. The molecule has 0 aliphatic heterocycles. The molecule has 0 radical (unpaired) electrons. The molecule has 0 aliphatic rings. The molecule has 1 N–H and O–H groups in total. The van der Waals surface area contributed by atoms with E-state index in [0.29, 0.717) is 17.1 Å². The maximum absolute atomic E-state index is 13.5. The van der Waals surface area contributed by atoms with Gasteiger partial charge in [-0.15, -0.1) is 0 Å². The summed E-state index contributed by atoms with van der Waals surface area (Å²) in [5.41, 5.74) is 3.13. The van der Waals surface area contributed by atoms with Crippen LogP contribution in [-0.4, -0.2) is 28.0 Å². The van der Waals surface area contributed by atoms with Crippen LogP contribution in [0.3, 0.4) is 0 Å². The Hall–Kier alpha value is -3.03. The Morgan fingerprint density at radius 3 is 2.35 bits per heavy atom. The lowest BCUT2D eigenvalue weighted by molar-refractivity contribution is -0.120.